The molecule has 2 saturated heterocycles. The number of fused-ring (bicyclic) bond motifs is 2. The predicted molar refractivity (Wildman–Crippen MR) is 155 cm³/mol. The molecule has 9 heteroatoms. The van der Waals surface area contributed by atoms with Crippen LogP contribution in [0.5, 0.6) is 0 Å². The van der Waals surface area contributed by atoms with Gasteiger partial charge < -0.3 is 23.7 Å². The highest BCUT2D eigenvalue weighted by atomic mass is 16.5. The van der Waals surface area contributed by atoms with Crippen LogP contribution in [0.3, 0.4) is 0 Å². The number of pyridine rings is 1. The van der Waals surface area contributed by atoms with Gasteiger partial charge in [-0.05, 0) is 50.1 Å². The maximum atomic E-state index is 11.2. The number of aromatic nitrogens is 5. The summed E-state index contributed by atoms with van der Waals surface area (Å²) in [6.07, 6.45) is 2.70. The van der Waals surface area contributed by atoms with E-state index in [9.17, 15) is 9.90 Å². The van der Waals surface area contributed by atoms with Gasteiger partial charge in [0.05, 0.1) is 41.9 Å². The summed E-state index contributed by atoms with van der Waals surface area (Å²) in [4.78, 5) is 25.4. The number of rotatable bonds is 5. The lowest BCUT2D eigenvalue weighted by molar-refractivity contribution is -0.0594. The van der Waals surface area contributed by atoms with E-state index in [1.165, 1.54) is 0 Å². The van der Waals surface area contributed by atoms with E-state index in [4.69, 9.17) is 19.4 Å². The summed E-state index contributed by atoms with van der Waals surface area (Å²) in [5.41, 5.74) is 4.90. The van der Waals surface area contributed by atoms with Crippen LogP contribution < -0.4 is 0 Å². The summed E-state index contributed by atoms with van der Waals surface area (Å²) in [6.45, 7) is 18.2. The minimum atomic E-state index is -0.915. The van der Waals surface area contributed by atoms with E-state index in [1.54, 1.807) is 18.2 Å². The lowest BCUT2D eigenvalue weighted by Crippen LogP contribution is -2.33. The first-order valence-electron chi connectivity index (χ1n) is 14.1. The first-order valence-corrected chi connectivity index (χ1v) is 14.1. The van der Waals surface area contributed by atoms with Crippen molar-refractivity contribution in [3.8, 4) is 0 Å². The smallest absolute Gasteiger partial charge is 0.335 e. The second-order valence-electron chi connectivity index (χ2n) is 13.0. The highest BCUT2D eigenvalue weighted by Crippen LogP contribution is 2.30. The lowest BCUT2D eigenvalue weighted by atomic mass is 9.95. The molecule has 0 aliphatic carbocycles. The molecule has 5 heterocycles. The molecule has 4 aromatic rings. The number of hydrogen-bond acceptors (Lipinski definition) is 6. The monoisotopic (exact) mass is 547 g/mol. The number of carboxylic acids is 1. The van der Waals surface area contributed by atoms with E-state index in [0.29, 0.717) is 11.7 Å². The van der Waals surface area contributed by atoms with Crippen molar-refractivity contribution in [2.75, 3.05) is 13.2 Å². The van der Waals surface area contributed by atoms with Crippen molar-refractivity contribution < 1.29 is 19.4 Å². The van der Waals surface area contributed by atoms with Crippen LogP contribution in [0.2, 0.25) is 0 Å². The molecule has 0 spiro atoms. The van der Waals surface area contributed by atoms with Crippen molar-refractivity contribution in [2.45, 2.75) is 97.4 Å². The predicted octanol–water partition coefficient (Wildman–Crippen LogP) is 5.65. The molecule has 0 bridgehead atoms. The van der Waals surface area contributed by atoms with Crippen molar-refractivity contribution in [1.29, 1.82) is 0 Å². The van der Waals surface area contributed by atoms with Gasteiger partial charge in [0, 0.05) is 29.7 Å². The zero-order valence-electron chi connectivity index (χ0n) is 24.7. The third-order valence-corrected chi connectivity index (χ3v) is 7.43. The molecule has 2 aliphatic rings. The topological polar surface area (TPSA) is 104 Å². The maximum absolute atomic E-state index is 11.2. The molecule has 2 atom stereocenters. The van der Waals surface area contributed by atoms with Gasteiger partial charge in [0.15, 0.2) is 5.65 Å². The summed E-state index contributed by atoms with van der Waals surface area (Å²) in [5, 5.41) is 9.19. The SMILES string of the molecule is CC(C)(C)c1nc2ccc(C(=O)O)cc2n1C[C@@H]1CCO1.Cc1ccc2nc(C(C)(C)C)n(C[C@@H]3CCO3)c2n1. The Bertz CT molecular complexity index is 1530. The molecule has 0 saturated carbocycles. The molecule has 9 nitrogen and oxygen atoms in total. The van der Waals surface area contributed by atoms with E-state index in [0.717, 1.165) is 78.7 Å². The second-order valence-corrected chi connectivity index (χ2v) is 13.0. The Kier molecular flexibility index (Phi) is 7.48. The van der Waals surface area contributed by atoms with E-state index in [-0.39, 0.29) is 16.9 Å². The Hall–Kier alpha value is -3.30. The summed E-state index contributed by atoms with van der Waals surface area (Å²) in [6, 6.07) is 9.18. The number of hydrogen-bond donors (Lipinski definition) is 1. The quantitative estimate of drug-likeness (QED) is 0.344. The van der Waals surface area contributed by atoms with Crippen molar-refractivity contribution in [2.24, 2.45) is 0 Å². The van der Waals surface area contributed by atoms with Gasteiger partial charge in [0.1, 0.15) is 17.2 Å². The minimum absolute atomic E-state index is 0.0123. The normalized spacial score (nSPS) is 19.2. The van der Waals surface area contributed by atoms with Gasteiger partial charge in [-0.25, -0.2) is 19.7 Å². The Balaban J connectivity index is 0.000000162. The van der Waals surface area contributed by atoms with E-state index in [1.807, 2.05) is 13.0 Å². The highest BCUT2D eigenvalue weighted by molar-refractivity contribution is 5.92. The second kappa shape index (κ2) is 10.6. The highest BCUT2D eigenvalue weighted by Gasteiger charge is 2.28. The Morgan fingerprint density at radius 3 is 1.90 bits per heavy atom. The number of nitrogens with zero attached hydrogens (tertiary/aromatic N) is 5. The molecule has 40 heavy (non-hydrogen) atoms. The third kappa shape index (κ3) is 5.76. The lowest BCUT2D eigenvalue weighted by Gasteiger charge is -2.29. The van der Waals surface area contributed by atoms with Gasteiger partial charge in [-0.2, -0.15) is 0 Å². The van der Waals surface area contributed by atoms with E-state index in [2.05, 4.69) is 61.7 Å². The molecule has 6 rings (SSSR count). The number of imidazole rings is 2. The molecule has 1 N–H and O–H groups in total. The molecular formula is C31H41N5O4. The molecular weight excluding hydrogens is 506 g/mol. The fourth-order valence-electron chi connectivity index (χ4n) is 5.12. The van der Waals surface area contributed by atoms with Crippen LogP contribution in [0, 0.1) is 6.92 Å². The number of carboxylic acid groups (broad SMARTS) is 1. The Morgan fingerprint density at radius 1 is 0.850 bits per heavy atom. The largest absolute Gasteiger partial charge is 0.478 e. The van der Waals surface area contributed by atoms with Crippen LogP contribution in [0.4, 0.5) is 0 Å². The number of carbonyl (C=O) groups is 1. The number of ether oxygens (including phenoxy) is 2. The van der Waals surface area contributed by atoms with Crippen molar-refractivity contribution in [1.82, 2.24) is 24.1 Å². The van der Waals surface area contributed by atoms with E-state index < -0.39 is 5.97 Å². The number of aromatic carboxylic acids is 1. The van der Waals surface area contributed by atoms with Crippen LogP contribution in [-0.2, 0) is 33.4 Å². The van der Waals surface area contributed by atoms with Crippen LogP contribution in [-0.4, -0.2) is 60.6 Å². The van der Waals surface area contributed by atoms with Gasteiger partial charge in [0.2, 0.25) is 0 Å². The van der Waals surface area contributed by atoms with Crippen molar-refractivity contribution >= 4 is 28.2 Å². The van der Waals surface area contributed by atoms with Gasteiger partial charge in [0.25, 0.3) is 0 Å². The van der Waals surface area contributed by atoms with Crippen molar-refractivity contribution in [3.63, 3.8) is 0 Å². The summed E-state index contributed by atoms with van der Waals surface area (Å²) >= 11 is 0. The first-order chi connectivity index (χ1) is 18.8. The van der Waals surface area contributed by atoms with Crippen LogP contribution in [0.25, 0.3) is 22.2 Å². The molecule has 3 aromatic heterocycles. The minimum Gasteiger partial charge on any atom is -0.478 e. The number of benzene rings is 1. The summed E-state index contributed by atoms with van der Waals surface area (Å²) in [7, 11) is 0. The fraction of sp³-hybridized carbons (Fsp3) is 0.548. The molecule has 0 unspecified atom stereocenters. The van der Waals surface area contributed by atoms with Crippen molar-refractivity contribution in [3.05, 3.63) is 53.2 Å². The average Bonchev–Trinajstić information content (AvgIpc) is 3.36. The summed E-state index contributed by atoms with van der Waals surface area (Å²) in [5.74, 6) is 1.15. The molecule has 0 amide bonds. The fourth-order valence-corrected chi connectivity index (χ4v) is 5.12. The molecule has 0 radical (unpaired) electrons. The summed E-state index contributed by atoms with van der Waals surface area (Å²) < 4.78 is 15.5. The molecule has 2 fully saturated rings. The zero-order chi connectivity index (χ0) is 28.8. The molecule has 1 aromatic carbocycles. The van der Waals surface area contributed by atoms with Gasteiger partial charge in [-0.3, -0.25) is 0 Å². The average molecular weight is 548 g/mol. The number of aryl methyl sites for hydroxylation is 1. The van der Waals surface area contributed by atoms with Gasteiger partial charge >= 0.3 is 5.97 Å². The zero-order valence-corrected chi connectivity index (χ0v) is 24.7. The van der Waals surface area contributed by atoms with Crippen LogP contribution >= 0.6 is 0 Å². The molecule has 214 valence electrons. The van der Waals surface area contributed by atoms with Crippen LogP contribution in [0.1, 0.15) is 82.1 Å². The van der Waals surface area contributed by atoms with Gasteiger partial charge in [-0.1, -0.05) is 41.5 Å². The Labute approximate surface area is 235 Å². The maximum Gasteiger partial charge on any atom is 0.335 e. The first kappa shape index (κ1) is 28.2. The van der Waals surface area contributed by atoms with Crippen LogP contribution in [0.15, 0.2) is 30.3 Å². The molecule has 2 aliphatic heterocycles. The third-order valence-electron chi connectivity index (χ3n) is 7.43. The van der Waals surface area contributed by atoms with E-state index >= 15 is 0 Å². The Morgan fingerprint density at radius 2 is 1.38 bits per heavy atom. The standard InChI is InChI=1S/C16H20N2O3.C15H21N3O/c1-16(2,3)15-17-12-5-4-10(14(19)20)8-13(12)18(15)9-11-6-7-21-11;1-10-5-6-12-13(16-10)18(9-11-7-8-19-11)14(17-12)15(2,3)4/h4-5,8,11H,6-7,9H2,1-3H3,(H,19,20);5-6,11H,7-9H2,1-4H3/t2*11-/m00/s1. The van der Waals surface area contributed by atoms with Gasteiger partial charge in [-0.15, -0.1) is 0 Å².